The monoisotopic (exact) mass is 332 g/mol. The van der Waals surface area contributed by atoms with Crippen LogP contribution >= 0.6 is 11.8 Å². The second-order valence-electron chi connectivity index (χ2n) is 5.56. The van der Waals surface area contributed by atoms with Gasteiger partial charge in [-0.1, -0.05) is 65.8 Å². The minimum Gasteiger partial charge on any atom is -0.338 e. The first kappa shape index (κ1) is 15.0. The highest BCUT2D eigenvalue weighted by atomic mass is 32.2. The number of nitrogens with zero attached hydrogens (tertiary/aromatic N) is 2. The summed E-state index contributed by atoms with van der Waals surface area (Å²) in [5.41, 5.74) is 1.19. The van der Waals surface area contributed by atoms with Crippen molar-refractivity contribution in [3.8, 4) is 0 Å². The van der Waals surface area contributed by atoms with E-state index in [9.17, 15) is 0 Å². The minimum absolute atomic E-state index is 0.666. The zero-order chi connectivity index (χ0) is 16.2. The van der Waals surface area contributed by atoms with E-state index in [0.717, 1.165) is 5.82 Å². The lowest BCUT2D eigenvalue weighted by molar-refractivity contribution is 0.386. The second kappa shape index (κ2) is 6.89. The summed E-state index contributed by atoms with van der Waals surface area (Å²) in [5, 5.41) is 6.58. The summed E-state index contributed by atoms with van der Waals surface area (Å²) in [6, 6.07) is 25.0. The predicted molar refractivity (Wildman–Crippen MR) is 97.1 cm³/mol. The van der Waals surface area contributed by atoms with Gasteiger partial charge < -0.3 is 4.52 Å². The summed E-state index contributed by atoms with van der Waals surface area (Å²) >= 11 is 1.71. The van der Waals surface area contributed by atoms with Gasteiger partial charge in [0.25, 0.3) is 0 Å². The Labute approximate surface area is 144 Å². The molecule has 4 heteroatoms. The maximum Gasteiger partial charge on any atom is 0.237 e. The molecule has 0 aliphatic heterocycles. The lowest BCUT2D eigenvalue weighted by Gasteiger charge is -2.01. The van der Waals surface area contributed by atoms with Crippen LogP contribution in [0.3, 0.4) is 0 Å². The molecule has 0 atom stereocenters. The van der Waals surface area contributed by atoms with Crippen LogP contribution in [-0.2, 0) is 12.2 Å². The molecule has 1 aromatic heterocycles. The maximum atomic E-state index is 5.36. The van der Waals surface area contributed by atoms with E-state index in [1.807, 2.05) is 18.2 Å². The summed E-state index contributed by atoms with van der Waals surface area (Å²) in [7, 11) is 0. The number of fused-ring (bicyclic) bond motifs is 1. The third-order valence-electron chi connectivity index (χ3n) is 3.80. The van der Waals surface area contributed by atoms with Crippen LogP contribution in [0.15, 0.2) is 82.2 Å². The highest BCUT2D eigenvalue weighted by molar-refractivity contribution is 7.98. The fraction of sp³-hybridized carbons (Fsp3) is 0.100. The molecule has 0 amide bonds. The van der Waals surface area contributed by atoms with Crippen LogP contribution in [0.1, 0.15) is 17.3 Å². The summed E-state index contributed by atoms with van der Waals surface area (Å²) in [5.74, 6) is 2.08. The quantitative estimate of drug-likeness (QED) is 0.476. The van der Waals surface area contributed by atoms with Gasteiger partial charge in [0, 0.05) is 11.3 Å². The van der Waals surface area contributed by atoms with E-state index in [0.29, 0.717) is 18.1 Å². The SMILES string of the molecule is c1ccc(Cc2noc(CSc3ccc4ccccc4c3)n2)cc1. The summed E-state index contributed by atoms with van der Waals surface area (Å²) < 4.78 is 5.36. The lowest BCUT2D eigenvalue weighted by atomic mass is 10.1. The molecule has 0 fully saturated rings. The number of benzene rings is 3. The average molecular weight is 332 g/mol. The Morgan fingerprint density at radius 2 is 1.62 bits per heavy atom. The highest BCUT2D eigenvalue weighted by Gasteiger charge is 2.08. The van der Waals surface area contributed by atoms with Gasteiger partial charge in [0.1, 0.15) is 0 Å². The van der Waals surface area contributed by atoms with Crippen molar-refractivity contribution in [3.05, 3.63) is 90.1 Å². The van der Waals surface area contributed by atoms with Crippen molar-refractivity contribution in [1.82, 2.24) is 10.1 Å². The lowest BCUT2D eigenvalue weighted by Crippen LogP contribution is -1.90. The topological polar surface area (TPSA) is 38.9 Å². The van der Waals surface area contributed by atoms with Gasteiger partial charge >= 0.3 is 0 Å². The van der Waals surface area contributed by atoms with E-state index in [-0.39, 0.29) is 0 Å². The van der Waals surface area contributed by atoms with Crippen molar-refractivity contribution in [2.75, 3.05) is 0 Å². The molecule has 3 aromatic carbocycles. The average Bonchev–Trinajstić information content (AvgIpc) is 3.08. The number of rotatable bonds is 5. The van der Waals surface area contributed by atoms with Crippen molar-refractivity contribution in [3.63, 3.8) is 0 Å². The molecule has 4 rings (SSSR count). The van der Waals surface area contributed by atoms with Crippen molar-refractivity contribution in [1.29, 1.82) is 0 Å². The van der Waals surface area contributed by atoms with Crippen LogP contribution in [0.2, 0.25) is 0 Å². The van der Waals surface area contributed by atoms with E-state index in [2.05, 4.69) is 64.7 Å². The van der Waals surface area contributed by atoms with E-state index in [1.54, 1.807) is 11.8 Å². The molecule has 1 heterocycles. The Morgan fingerprint density at radius 1 is 0.833 bits per heavy atom. The van der Waals surface area contributed by atoms with Crippen LogP contribution in [0.25, 0.3) is 10.8 Å². The van der Waals surface area contributed by atoms with Gasteiger partial charge in [-0.2, -0.15) is 4.98 Å². The fourth-order valence-electron chi connectivity index (χ4n) is 2.60. The van der Waals surface area contributed by atoms with E-state index < -0.39 is 0 Å². The molecular weight excluding hydrogens is 316 g/mol. The fourth-order valence-corrected chi connectivity index (χ4v) is 3.38. The van der Waals surface area contributed by atoms with Crippen LogP contribution in [-0.4, -0.2) is 10.1 Å². The van der Waals surface area contributed by atoms with Gasteiger partial charge in [0.2, 0.25) is 5.89 Å². The van der Waals surface area contributed by atoms with Crippen molar-refractivity contribution >= 4 is 22.5 Å². The third-order valence-corrected chi connectivity index (χ3v) is 4.78. The first-order valence-corrected chi connectivity index (χ1v) is 8.82. The molecule has 0 saturated carbocycles. The number of hydrogen-bond donors (Lipinski definition) is 0. The zero-order valence-electron chi connectivity index (χ0n) is 13.1. The Kier molecular flexibility index (Phi) is 4.30. The van der Waals surface area contributed by atoms with Gasteiger partial charge in [-0.05, 0) is 28.5 Å². The van der Waals surface area contributed by atoms with Crippen LogP contribution in [0, 0.1) is 0 Å². The van der Waals surface area contributed by atoms with Gasteiger partial charge in [-0.15, -0.1) is 11.8 Å². The minimum atomic E-state index is 0.666. The van der Waals surface area contributed by atoms with E-state index in [1.165, 1.54) is 21.2 Å². The van der Waals surface area contributed by atoms with E-state index in [4.69, 9.17) is 4.52 Å². The maximum absolute atomic E-state index is 5.36. The molecule has 0 aliphatic carbocycles. The normalized spacial score (nSPS) is 11.0. The molecule has 24 heavy (non-hydrogen) atoms. The molecule has 0 N–H and O–H groups in total. The Morgan fingerprint density at radius 3 is 2.50 bits per heavy atom. The molecule has 0 aliphatic rings. The van der Waals surface area contributed by atoms with Crippen LogP contribution in [0.5, 0.6) is 0 Å². The molecule has 0 spiro atoms. The second-order valence-corrected chi connectivity index (χ2v) is 6.61. The van der Waals surface area contributed by atoms with Gasteiger partial charge in [-0.25, -0.2) is 0 Å². The molecule has 0 radical (unpaired) electrons. The van der Waals surface area contributed by atoms with Gasteiger partial charge in [0.15, 0.2) is 5.82 Å². The van der Waals surface area contributed by atoms with E-state index >= 15 is 0 Å². The van der Waals surface area contributed by atoms with Crippen LogP contribution in [0.4, 0.5) is 0 Å². The summed E-state index contributed by atoms with van der Waals surface area (Å²) in [6.45, 7) is 0. The van der Waals surface area contributed by atoms with Crippen molar-refractivity contribution < 1.29 is 4.52 Å². The number of hydrogen-bond acceptors (Lipinski definition) is 4. The first-order valence-electron chi connectivity index (χ1n) is 7.84. The first-order chi connectivity index (χ1) is 11.9. The van der Waals surface area contributed by atoms with Crippen molar-refractivity contribution in [2.45, 2.75) is 17.1 Å². The number of thioether (sulfide) groups is 1. The number of aromatic nitrogens is 2. The Hall–Kier alpha value is -2.59. The predicted octanol–water partition coefficient (Wildman–Crippen LogP) is 5.11. The molecule has 3 nitrogen and oxygen atoms in total. The zero-order valence-corrected chi connectivity index (χ0v) is 13.9. The Bertz CT molecular complexity index is 950. The molecule has 0 bridgehead atoms. The molecule has 118 valence electrons. The largest absolute Gasteiger partial charge is 0.338 e. The highest BCUT2D eigenvalue weighted by Crippen LogP contribution is 2.26. The standard InChI is InChI=1S/C20H16N2OS/c1-2-6-15(7-3-1)12-19-21-20(23-22-19)14-24-18-11-10-16-8-4-5-9-17(16)13-18/h1-11,13H,12,14H2. The third kappa shape index (κ3) is 3.49. The Balaban J connectivity index is 1.42. The summed E-state index contributed by atoms with van der Waals surface area (Å²) in [4.78, 5) is 5.69. The molecule has 0 unspecified atom stereocenters. The molecule has 0 saturated heterocycles. The summed E-state index contributed by atoms with van der Waals surface area (Å²) in [6.07, 6.45) is 0.699. The van der Waals surface area contributed by atoms with Crippen LogP contribution < -0.4 is 0 Å². The molecular formula is C20H16N2OS. The van der Waals surface area contributed by atoms with Crippen molar-refractivity contribution in [2.24, 2.45) is 0 Å². The van der Waals surface area contributed by atoms with Gasteiger partial charge in [0.05, 0.1) is 5.75 Å². The molecule has 4 aromatic rings. The van der Waals surface area contributed by atoms with Gasteiger partial charge in [-0.3, -0.25) is 0 Å². The smallest absolute Gasteiger partial charge is 0.237 e.